The zero-order valence-electron chi connectivity index (χ0n) is 21.8. The third-order valence-corrected chi connectivity index (χ3v) is 5.96. The topological polar surface area (TPSA) is 99.9 Å². The molecule has 0 saturated carbocycles. The standard InChI is InChI=1S/C29H32ClFN2O5/c1-29(2,3)38-28(35)33-17-22(18-8-6-5-7-9-18)19-10-12-23(30)21(16-19)25-20(27(32)34)11-13-24(26(25)31)37-15-14-36-4/h5-13,16,22H,14-15,17H2,1-4H3,(H2,32,34)(H,33,35). The molecule has 0 aromatic heterocycles. The summed E-state index contributed by atoms with van der Waals surface area (Å²) in [4.78, 5) is 24.7. The van der Waals surface area contributed by atoms with Crippen molar-refractivity contribution in [2.45, 2.75) is 32.3 Å². The number of carbonyl (C=O) groups excluding carboxylic acids is 2. The Hall–Kier alpha value is -3.62. The number of amides is 2. The van der Waals surface area contributed by atoms with Crippen LogP contribution in [0.3, 0.4) is 0 Å². The van der Waals surface area contributed by atoms with Crippen molar-refractivity contribution in [3.63, 3.8) is 0 Å². The monoisotopic (exact) mass is 542 g/mol. The van der Waals surface area contributed by atoms with E-state index in [9.17, 15) is 9.59 Å². The second kappa shape index (κ2) is 12.8. The molecule has 0 radical (unpaired) electrons. The van der Waals surface area contributed by atoms with E-state index in [0.29, 0.717) is 0 Å². The normalized spacial score (nSPS) is 12.1. The molecule has 1 unspecified atom stereocenters. The van der Waals surface area contributed by atoms with E-state index in [0.717, 1.165) is 11.1 Å². The molecule has 2 amide bonds. The van der Waals surface area contributed by atoms with Gasteiger partial charge < -0.3 is 25.3 Å². The predicted molar refractivity (Wildman–Crippen MR) is 145 cm³/mol. The first-order valence-corrected chi connectivity index (χ1v) is 12.4. The number of nitrogens with one attached hydrogen (secondary N) is 1. The summed E-state index contributed by atoms with van der Waals surface area (Å²) in [5.41, 5.74) is 6.74. The van der Waals surface area contributed by atoms with Crippen LogP contribution in [0.15, 0.2) is 60.7 Å². The van der Waals surface area contributed by atoms with Gasteiger partial charge in [-0.05, 0) is 56.2 Å². The number of methoxy groups -OCH3 is 1. The lowest BCUT2D eigenvalue weighted by Crippen LogP contribution is -2.35. The van der Waals surface area contributed by atoms with Crippen LogP contribution in [-0.4, -0.2) is 44.5 Å². The predicted octanol–water partition coefficient (Wildman–Crippen LogP) is 5.93. The van der Waals surface area contributed by atoms with Crippen molar-refractivity contribution < 1.29 is 28.2 Å². The van der Waals surface area contributed by atoms with Gasteiger partial charge >= 0.3 is 6.09 Å². The zero-order valence-corrected chi connectivity index (χ0v) is 22.6. The first kappa shape index (κ1) is 28.9. The maximum Gasteiger partial charge on any atom is 0.407 e. The van der Waals surface area contributed by atoms with E-state index in [-0.39, 0.29) is 53.1 Å². The van der Waals surface area contributed by atoms with Crippen molar-refractivity contribution in [1.82, 2.24) is 5.32 Å². The first-order valence-electron chi connectivity index (χ1n) is 12.1. The van der Waals surface area contributed by atoms with Gasteiger partial charge in [0.05, 0.1) is 12.2 Å². The molecule has 3 rings (SSSR count). The molecule has 0 heterocycles. The summed E-state index contributed by atoms with van der Waals surface area (Å²) in [6.45, 7) is 5.92. The molecule has 1 atom stereocenters. The van der Waals surface area contributed by atoms with Gasteiger partial charge in [0, 0.05) is 35.7 Å². The van der Waals surface area contributed by atoms with Crippen LogP contribution in [0.1, 0.15) is 48.2 Å². The fourth-order valence-electron chi connectivity index (χ4n) is 3.94. The van der Waals surface area contributed by atoms with Crippen molar-refractivity contribution in [1.29, 1.82) is 0 Å². The highest BCUT2D eigenvalue weighted by Gasteiger charge is 2.24. The molecule has 0 aliphatic rings. The number of hydrogen-bond acceptors (Lipinski definition) is 5. The van der Waals surface area contributed by atoms with Gasteiger partial charge in [-0.2, -0.15) is 0 Å². The largest absolute Gasteiger partial charge is 0.488 e. The van der Waals surface area contributed by atoms with E-state index >= 15 is 4.39 Å². The second-order valence-corrected chi connectivity index (χ2v) is 10.00. The number of alkyl carbamates (subject to hydrolysis) is 1. The Kier molecular flexibility index (Phi) is 9.72. The highest BCUT2D eigenvalue weighted by Crippen LogP contribution is 2.39. The van der Waals surface area contributed by atoms with Crippen LogP contribution in [-0.2, 0) is 9.47 Å². The van der Waals surface area contributed by atoms with E-state index in [1.165, 1.54) is 19.2 Å². The van der Waals surface area contributed by atoms with Gasteiger partial charge in [0.25, 0.3) is 0 Å². The first-order chi connectivity index (χ1) is 18.0. The summed E-state index contributed by atoms with van der Waals surface area (Å²) in [5.74, 6) is -1.97. The molecule has 0 bridgehead atoms. The van der Waals surface area contributed by atoms with Gasteiger partial charge in [0.1, 0.15) is 12.2 Å². The molecular weight excluding hydrogens is 511 g/mol. The maximum atomic E-state index is 15.7. The number of nitrogens with two attached hydrogens (primary N) is 1. The van der Waals surface area contributed by atoms with Crippen LogP contribution < -0.4 is 15.8 Å². The van der Waals surface area contributed by atoms with Crippen molar-refractivity contribution in [3.05, 3.63) is 88.2 Å². The van der Waals surface area contributed by atoms with Crippen molar-refractivity contribution in [2.24, 2.45) is 5.73 Å². The van der Waals surface area contributed by atoms with E-state index < -0.39 is 23.4 Å². The molecule has 202 valence electrons. The van der Waals surface area contributed by atoms with Crippen LogP contribution in [0, 0.1) is 5.82 Å². The summed E-state index contributed by atoms with van der Waals surface area (Å²) in [6, 6.07) is 17.4. The van der Waals surface area contributed by atoms with Crippen LogP contribution >= 0.6 is 11.6 Å². The van der Waals surface area contributed by atoms with Crippen LogP contribution in [0.2, 0.25) is 5.02 Å². The number of hydrogen-bond donors (Lipinski definition) is 2. The van der Waals surface area contributed by atoms with E-state index in [2.05, 4.69) is 5.32 Å². The van der Waals surface area contributed by atoms with Gasteiger partial charge in [-0.3, -0.25) is 4.79 Å². The number of halogens is 2. The molecule has 0 aliphatic carbocycles. The molecule has 3 aromatic rings. The summed E-state index contributed by atoms with van der Waals surface area (Å²) in [5, 5.41) is 3.03. The molecule has 9 heteroatoms. The van der Waals surface area contributed by atoms with Crippen molar-refractivity contribution >= 4 is 23.6 Å². The highest BCUT2D eigenvalue weighted by atomic mass is 35.5. The molecular formula is C29H32ClFN2O5. The average Bonchev–Trinajstić information content (AvgIpc) is 2.85. The Bertz CT molecular complexity index is 1280. The molecule has 3 aromatic carbocycles. The van der Waals surface area contributed by atoms with Gasteiger partial charge in [-0.15, -0.1) is 0 Å². The number of carbonyl (C=O) groups is 2. The number of primary amides is 1. The Morgan fingerprint density at radius 1 is 1.03 bits per heavy atom. The van der Waals surface area contributed by atoms with Crippen molar-refractivity contribution in [2.75, 3.05) is 26.9 Å². The third-order valence-electron chi connectivity index (χ3n) is 5.63. The molecule has 0 fully saturated rings. The second-order valence-electron chi connectivity index (χ2n) is 9.59. The quantitative estimate of drug-likeness (QED) is 0.309. The minimum Gasteiger partial charge on any atom is -0.488 e. The average molecular weight is 543 g/mol. The van der Waals surface area contributed by atoms with Crippen LogP contribution in [0.5, 0.6) is 5.75 Å². The van der Waals surface area contributed by atoms with Gasteiger partial charge in [0.2, 0.25) is 5.91 Å². The smallest absolute Gasteiger partial charge is 0.407 e. The SMILES string of the molecule is COCCOc1ccc(C(N)=O)c(-c2cc(C(CNC(=O)OC(C)(C)C)c3ccccc3)ccc2Cl)c1F. The van der Waals surface area contributed by atoms with Crippen LogP contribution in [0.25, 0.3) is 11.1 Å². The fraction of sp³-hybridized carbons (Fsp3) is 0.310. The van der Waals surface area contributed by atoms with Gasteiger partial charge in [-0.25, -0.2) is 9.18 Å². The van der Waals surface area contributed by atoms with Gasteiger partial charge in [-0.1, -0.05) is 48.0 Å². The number of ether oxygens (including phenoxy) is 3. The lowest BCUT2D eigenvalue weighted by molar-refractivity contribution is 0.0526. The lowest BCUT2D eigenvalue weighted by Gasteiger charge is -2.23. The molecule has 0 saturated heterocycles. The van der Waals surface area contributed by atoms with Gasteiger partial charge in [0.15, 0.2) is 11.6 Å². The van der Waals surface area contributed by atoms with Crippen molar-refractivity contribution in [3.8, 4) is 16.9 Å². The Labute approximate surface area is 227 Å². The third kappa shape index (κ3) is 7.46. The van der Waals surface area contributed by atoms with Crippen LogP contribution in [0.4, 0.5) is 9.18 Å². The maximum absolute atomic E-state index is 15.7. The zero-order chi connectivity index (χ0) is 27.9. The van der Waals surface area contributed by atoms with E-state index in [4.69, 9.17) is 31.5 Å². The molecule has 38 heavy (non-hydrogen) atoms. The Morgan fingerprint density at radius 2 is 1.74 bits per heavy atom. The lowest BCUT2D eigenvalue weighted by atomic mass is 9.88. The van der Waals surface area contributed by atoms with E-state index in [1.807, 2.05) is 30.3 Å². The molecule has 0 spiro atoms. The Morgan fingerprint density at radius 3 is 2.37 bits per heavy atom. The molecule has 0 aliphatic heterocycles. The minimum absolute atomic E-state index is 0.0382. The highest BCUT2D eigenvalue weighted by molar-refractivity contribution is 6.33. The summed E-state index contributed by atoms with van der Waals surface area (Å²) >= 11 is 6.54. The number of benzene rings is 3. The summed E-state index contributed by atoms with van der Waals surface area (Å²) in [7, 11) is 1.51. The minimum atomic E-state index is -0.810. The fourth-order valence-corrected chi connectivity index (χ4v) is 4.15. The summed E-state index contributed by atoms with van der Waals surface area (Å²) in [6.07, 6.45) is -0.560. The molecule has 3 N–H and O–H groups in total. The molecule has 7 nitrogen and oxygen atoms in total. The Balaban J connectivity index is 2.08. The number of rotatable bonds is 10. The summed E-state index contributed by atoms with van der Waals surface area (Å²) < 4.78 is 31.6. The van der Waals surface area contributed by atoms with E-state index in [1.54, 1.807) is 39.0 Å².